The molecular formula is C20H18FNO5. The maximum absolute atomic E-state index is 14.0. The van der Waals surface area contributed by atoms with Gasteiger partial charge in [-0.1, -0.05) is 12.1 Å². The molecule has 0 saturated heterocycles. The van der Waals surface area contributed by atoms with Crippen molar-refractivity contribution in [3.05, 3.63) is 59.4 Å². The van der Waals surface area contributed by atoms with Gasteiger partial charge in [0.1, 0.15) is 5.75 Å². The van der Waals surface area contributed by atoms with Crippen molar-refractivity contribution in [3.8, 4) is 11.5 Å². The van der Waals surface area contributed by atoms with Crippen molar-refractivity contribution in [2.45, 2.75) is 20.0 Å². The summed E-state index contributed by atoms with van der Waals surface area (Å²) in [4.78, 5) is 38.7. The first-order valence-corrected chi connectivity index (χ1v) is 8.49. The molecule has 0 N–H and O–H groups in total. The number of fused-ring (bicyclic) bond motifs is 1. The smallest absolute Gasteiger partial charge is 0.270 e. The molecule has 1 heterocycles. The number of ether oxygens (including phenoxy) is 2. The van der Waals surface area contributed by atoms with Crippen molar-refractivity contribution in [1.29, 1.82) is 0 Å². The van der Waals surface area contributed by atoms with Gasteiger partial charge in [0.15, 0.2) is 23.5 Å². The van der Waals surface area contributed by atoms with Gasteiger partial charge in [-0.2, -0.15) is 0 Å². The van der Waals surface area contributed by atoms with Crippen LogP contribution in [0.15, 0.2) is 42.5 Å². The fraction of sp³-hybridized carbons (Fsp3) is 0.250. The van der Waals surface area contributed by atoms with Crippen LogP contribution in [-0.4, -0.2) is 41.8 Å². The van der Waals surface area contributed by atoms with Gasteiger partial charge in [0.2, 0.25) is 0 Å². The molecule has 2 aromatic rings. The number of carbonyl (C=O) groups is 3. The average molecular weight is 371 g/mol. The number of rotatable bonds is 5. The van der Waals surface area contributed by atoms with Gasteiger partial charge in [0.25, 0.3) is 11.8 Å². The van der Waals surface area contributed by atoms with Crippen LogP contribution >= 0.6 is 0 Å². The second kappa shape index (κ2) is 7.57. The number of imide groups is 1. The summed E-state index contributed by atoms with van der Waals surface area (Å²) >= 11 is 0. The highest BCUT2D eigenvalue weighted by Gasteiger charge is 2.35. The minimum atomic E-state index is -0.928. The van der Waals surface area contributed by atoms with Gasteiger partial charge in [-0.25, -0.2) is 4.39 Å². The van der Waals surface area contributed by atoms with Gasteiger partial charge >= 0.3 is 0 Å². The summed E-state index contributed by atoms with van der Waals surface area (Å²) in [6.45, 7) is 3.01. The number of Topliss-reactive ketones (excluding diaryl/α,β-unsaturated/α-hetero) is 1. The number of nitrogens with zero attached hydrogens (tertiary/aromatic N) is 1. The molecule has 0 aromatic heterocycles. The maximum atomic E-state index is 14.0. The number of carbonyl (C=O) groups excluding carboxylic acids is 3. The van der Waals surface area contributed by atoms with E-state index in [0.29, 0.717) is 0 Å². The van der Waals surface area contributed by atoms with Gasteiger partial charge in [-0.15, -0.1) is 0 Å². The number of ketones is 1. The molecule has 1 atom stereocenters. The normalized spacial score (nSPS) is 16.4. The fourth-order valence-electron chi connectivity index (χ4n) is 2.78. The molecule has 6 nitrogen and oxygen atoms in total. The molecule has 0 spiro atoms. The molecule has 27 heavy (non-hydrogen) atoms. The topological polar surface area (TPSA) is 72.9 Å². The van der Waals surface area contributed by atoms with Crippen LogP contribution in [0.3, 0.4) is 0 Å². The zero-order valence-corrected chi connectivity index (χ0v) is 14.9. The van der Waals surface area contributed by atoms with Crippen LogP contribution in [0.4, 0.5) is 4.39 Å². The fourth-order valence-corrected chi connectivity index (χ4v) is 2.78. The molecule has 2 aromatic carbocycles. The zero-order chi connectivity index (χ0) is 19.6. The number of halogens is 1. The summed E-state index contributed by atoms with van der Waals surface area (Å²) in [5.41, 5.74) is 0.239. The Balaban J connectivity index is 1.87. The number of amides is 2. The van der Waals surface area contributed by atoms with Crippen LogP contribution in [0, 0.1) is 5.82 Å². The van der Waals surface area contributed by atoms with Crippen molar-refractivity contribution in [1.82, 2.24) is 4.90 Å². The van der Waals surface area contributed by atoms with Crippen LogP contribution in [0.25, 0.3) is 0 Å². The van der Waals surface area contributed by atoms with E-state index in [1.807, 2.05) is 0 Å². The van der Waals surface area contributed by atoms with E-state index in [1.165, 1.54) is 25.1 Å². The van der Waals surface area contributed by atoms with E-state index in [-0.39, 0.29) is 29.2 Å². The Labute approximate surface area is 155 Å². The molecule has 0 saturated carbocycles. The molecule has 3 rings (SSSR count). The Hall–Kier alpha value is -3.22. The van der Waals surface area contributed by atoms with Gasteiger partial charge < -0.3 is 9.47 Å². The first-order valence-electron chi connectivity index (χ1n) is 8.49. The van der Waals surface area contributed by atoms with Crippen LogP contribution in [0.5, 0.6) is 11.5 Å². The summed E-state index contributed by atoms with van der Waals surface area (Å²) in [6, 6.07) is 10.2. The average Bonchev–Trinajstić information content (AvgIpc) is 2.74. The highest BCUT2D eigenvalue weighted by molar-refractivity contribution is 6.12. The molecule has 1 aliphatic rings. The quantitative estimate of drug-likeness (QED) is 0.597. The summed E-state index contributed by atoms with van der Waals surface area (Å²) in [5.74, 6) is -2.18. The second-order valence-corrected chi connectivity index (χ2v) is 5.99. The molecule has 0 bridgehead atoms. The lowest BCUT2D eigenvalue weighted by molar-refractivity contribution is -0.134. The van der Waals surface area contributed by atoms with Crippen LogP contribution in [0.1, 0.15) is 34.6 Å². The first-order chi connectivity index (χ1) is 12.9. The zero-order valence-electron chi connectivity index (χ0n) is 14.9. The van der Waals surface area contributed by atoms with Crippen LogP contribution in [-0.2, 0) is 4.79 Å². The van der Waals surface area contributed by atoms with E-state index in [1.54, 1.807) is 25.1 Å². The van der Waals surface area contributed by atoms with E-state index >= 15 is 0 Å². The molecule has 0 fully saturated rings. The van der Waals surface area contributed by atoms with Gasteiger partial charge in [0, 0.05) is 5.56 Å². The SMILES string of the molecule is CCOc1ccc(C(=O)CN2C(=O)c3ccccc3OC(C)C2=O)cc1F. The van der Waals surface area contributed by atoms with Gasteiger partial charge in [0.05, 0.1) is 18.7 Å². The molecule has 2 amide bonds. The van der Waals surface area contributed by atoms with Crippen molar-refractivity contribution >= 4 is 17.6 Å². The standard InChI is InChI=1S/C20H18FNO5/c1-3-26-18-9-8-13(10-15(18)21)16(23)11-22-19(24)12(2)27-17-7-5-4-6-14(17)20(22)25/h4-10,12H,3,11H2,1-2H3. The monoisotopic (exact) mass is 371 g/mol. The predicted octanol–water partition coefficient (Wildman–Crippen LogP) is 2.86. The molecule has 140 valence electrons. The van der Waals surface area contributed by atoms with Crippen molar-refractivity contribution in [2.24, 2.45) is 0 Å². The number of benzene rings is 2. The largest absolute Gasteiger partial charge is 0.491 e. The lowest BCUT2D eigenvalue weighted by Gasteiger charge is -2.19. The minimum absolute atomic E-state index is 0.0342. The minimum Gasteiger partial charge on any atom is -0.491 e. The summed E-state index contributed by atoms with van der Waals surface area (Å²) in [5, 5.41) is 0. The molecule has 7 heteroatoms. The lowest BCUT2D eigenvalue weighted by Crippen LogP contribution is -2.44. The number of para-hydroxylation sites is 1. The maximum Gasteiger partial charge on any atom is 0.270 e. The number of hydrogen-bond acceptors (Lipinski definition) is 5. The Morgan fingerprint density at radius 3 is 2.67 bits per heavy atom. The molecule has 0 aliphatic carbocycles. The first kappa shape index (κ1) is 18.6. The third-order valence-corrected chi connectivity index (χ3v) is 4.14. The Morgan fingerprint density at radius 1 is 1.22 bits per heavy atom. The third-order valence-electron chi connectivity index (χ3n) is 4.14. The summed E-state index contributed by atoms with van der Waals surface area (Å²) < 4.78 is 24.6. The van der Waals surface area contributed by atoms with Crippen LogP contribution < -0.4 is 9.47 Å². The van der Waals surface area contributed by atoms with Gasteiger partial charge in [-0.05, 0) is 44.2 Å². The Bertz CT molecular complexity index is 911. The van der Waals surface area contributed by atoms with E-state index in [0.717, 1.165) is 11.0 Å². The predicted molar refractivity (Wildman–Crippen MR) is 94.5 cm³/mol. The van der Waals surface area contributed by atoms with E-state index in [4.69, 9.17) is 9.47 Å². The summed E-state index contributed by atoms with van der Waals surface area (Å²) in [6.07, 6.45) is -0.928. The molecule has 1 aliphatic heterocycles. The van der Waals surface area contributed by atoms with E-state index < -0.39 is 36.1 Å². The highest BCUT2D eigenvalue weighted by atomic mass is 19.1. The highest BCUT2D eigenvalue weighted by Crippen LogP contribution is 2.26. The second-order valence-electron chi connectivity index (χ2n) is 5.99. The summed E-state index contributed by atoms with van der Waals surface area (Å²) in [7, 11) is 0. The van der Waals surface area contributed by atoms with Crippen LogP contribution in [0.2, 0.25) is 0 Å². The lowest BCUT2D eigenvalue weighted by atomic mass is 10.1. The van der Waals surface area contributed by atoms with Crippen molar-refractivity contribution in [2.75, 3.05) is 13.2 Å². The molecule has 1 unspecified atom stereocenters. The van der Waals surface area contributed by atoms with Crippen molar-refractivity contribution < 1.29 is 28.2 Å². The molecule has 0 radical (unpaired) electrons. The molecular weight excluding hydrogens is 353 g/mol. The van der Waals surface area contributed by atoms with Gasteiger partial charge in [-0.3, -0.25) is 19.3 Å². The number of hydrogen-bond donors (Lipinski definition) is 0. The Morgan fingerprint density at radius 2 is 1.96 bits per heavy atom. The Kier molecular flexibility index (Phi) is 5.21. The third kappa shape index (κ3) is 3.67. The van der Waals surface area contributed by atoms with E-state index in [2.05, 4.69) is 0 Å². The van der Waals surface area contributed by atoms with E-state index in [9.17, 15) is 18.8 Å². The van der Waals surface area contributed by atoms with Crippen molar-refractivity contribution in [3.63, 3.8) is 0 Å².